The first-order valence-corrected chi connectivity index (χ1v) is 9.04. The zero-order valence-electron chi connectivity index (χ0n) is 15.9. The van der Waals surface area contributed by atoms with Crippen LogP contribution < -0.4 is 0 Å². The summed E-state index contributed by atoms with van der Waals surface area (Å²) in [6.07, 6.45) is 0.447. The number of halogens is 1. The molecule has 2 rings (SSSR count). The van der Waals surface area contributed by atoms with Crippen LogP contribution in [-0.2, 0) is 20.8 Å². The molecule has 1 heterocycles. The fourth-order valence-corrected chi connectivity index (χ4v) is 2.86. The predicted molar refractivity (Wildman–Crippen MR) is 102 cm³/mol. The Balaban J connectivity index is 2.23. The highest BCUT2D eigenvalue weighted by molar-refractivity contribution is 9.10. The number of aromatic nitrogens is 1. The molecule has 6 nitrogen and oxygen atoms in total. The van der Waals surface area contributed by atoms with Crippen molar-refractivity contribution in [1.82, 2.24) is 4.57 Å². The van der Waals surface area contributed by atoms with E-state index in [0.717, 1.165) is 15.4 Å². The van der Waals surface area contributed by atoms with Gasteiger partial charge in [0, 0.05) is 16.1 Å². The van der Waals surface area contributed by atoms with Crippen LogP contribution in [0.1, 0.15) is 47.1 Å². The van der Waals surface area contributed by atoms with Gasteiger partial charge >= 0.3 is 12.2 Å². The van der Waals surface area contributed by atoms with Gasteiger partial charge in [-0.2, -0.15) is 0 Å². The molecular weight excluding hydrogens is 402 g/mol. The fraction of sp³-hybridized carbons (Fsp3) is 0.474. The third-order valence-electron chi connectivity index (χ3n) is 3.15. The highest BCUT2D eigenvalue weighted by atomic mass is 79.9. The van der Waals surface area contributed by atoms with E-state index in [1.165, 1.54) is 4.57 Å². The first kappa shape index (κ1) is 20.3. The Labute approximate surface area is 161 Å². The number of hydrogen-bond donors (Lipinski definition) is 0. The Bertz CT molecular complexity index is 827. The molecule has 0 spiro atoms. The van der Waals surface area contributed by atoms with Crippen molar-refractivity contribution in [3.63, 3.8) is 0 Å². The average molecular weight is 426 g/mol. The zero-order valence-corrected chi connectivity index (χ0v) is 17.5. The summed E-state index contributed by atoms with van der Waals surface area (Å²) in [6.45, 7) is 10.8. The van der Waals surface area contributed by atoms with Gasteiger partial charge in [0.15, 0.2) is 0 Å². The van der Waals surface area contributed by atoms with E-state index in [-0.39, 0.29) is 6.61 Å². The predicted octanol–water partition coefficient (Wildman–Crippen LogP) is 5.64. The third kappa shape index (κ3) is 5.49. The molecule has 0 bridgehead atoms. The number of rotatable bonds is 2. The molecule has 0 saturated carbocycles. The Morgan fingerprint density at radius 3 is 2.23 bits per heavy atom. The summed E-state index contributed by atoms with van der Waals surface area (Å²) in [7, 11) is 0. The normalized spacial score (nSPS) is 12.1. The lowest BCUT2D eigenvalue weighted by Gasteiger charge is -2.20. The third-order valence-corrected chi connectivity index (χ3v) is 3.81. The first-order chi connectivity index (χ1) is 11.9. The molecule has 2 aromatic rings. The average Bonchev–Trinajstić information content (AvgIpc) is 2.86. The number of nitrogens with zero attached hydrogens (tertiary/aromatic N) is 1. The smallest absolute Gasteiger partial charge is 0.443 e. The largest absolute Gasteiger partial charge is 0.509 e. The van der Waals surface area contributed by atoms with E-state index >= 15 is 0 Å². The van der Waals surface area contributed by atoms with Crippen LogP contribution in [0.3, 0.4) is 0 Å². The van der Waals surface area contributed by atoms with E-state index in [1.807, 2.05) is 32.9 Å². The molecule has 1 aromatic carbocycles. The Morgan fingerprint density at radius 2 is 1.65 bits per heavy atom. The maximum Gasteiger partial charge on any atom is 0.509 e. The van der Waals surface area contributed by atoms with Crippen molar-refractivity contribution in [3.8, 4) is 0 Å². The van der Waals surface area contributed by atoms with Gasteiger partial charge < -0.3 is 14.2 Å². The second-order valence-electron chi connectivity index (χ2n) is 7.93. The highest BCUT2D eigenvalue weighted by Gasteiger charge is 2.21. The van der Waals surface area contributed by atoms with E-state index in [0.29, 0.717) is 5.52 Å². The fourth-order valence-electron chi connectivity index (χ4n) is 2.23. The summed E-state index contributed by atoms with van der Waals surface area (Å²) >= 11 is 3.49. The van der Waals surface area contributed by atoms with Gasteiger partial charge in [0.1, 0.15) is 17.8 Å². The summed E-state index contributed by atoms with van der Waals surface area (Å²) in [5.41, 5.74) is 0.171. The summed E-state index contributed by atoms with van der Waals surface area (Å²) < 4.78 is 17.9. The van der Waals surface area contributed by atoms with E-state index in [1.54, 1.807) is 33.0 Å². The van der Waals surface area contributed by atoms with E-state index in [9.17, 15) is 9.59 Å². The Morgan fingerprint density at radius 1 is 1.04 bits per heavy atom. The summed E-state index contributed by atoms with van der Waals surface area (Å²) in [4.78, 5) is 24.1. The van der Waals surface area contributed by atoms with Crippen LogP contribution in [-0.4, -0.2) is 28.0 Å². The minimum atomic E-state index is -0.740. The summed E-state index contributed by atoms with van der Waals surface area (Å²) in [6, 6.07) is 5.45. The SMILES string of the molecule is CC(C)(C)OC(=O)OCc1cc(Br)c2ccn(C(=O)OC(C)(C)C)c2c1. The molecule has 0 radical (unpaired) electrons. The molecular formula is C19H24BrNO5. The van der Waals surface area contributed by atoms with Gasteiger partial charge in [-0.3, -0.25) is 4.57 Å². The van der Waals surface area contributed by atoms with Crippen LogP contribution in [0, 0.1) is 0 Å². The number of hydrogen-bond acceptors (Lipinski definition) is 5. The van der Waals surface area contributed by atoms with Crippen LogP contribution in [0.5, 0.6) is 0 Å². The number of carbonyl (C=O) groups excluding carboxylic acids is 2. The van der Waals surface area contributed by atoms with Gasteiger partial charge in [-0.1, -0.05) is 15.9 Å². The van der Waals surface area contributed by atoms with Crippen LogP contribution in [0.4, 0.5) is 9.59 Å². The maximum atomic E-state index is 12.4. The van der Waals surface area contributed by atoms with E-state index in [2.05, 4.69) is 15.9 Å². The molecule has 0 aliphatic carbocycles. The number of benzene rings is 1. The van der Waals surface area contributed by atoms with Crippen molar-refractivity contribution in [1.29, 1.82) is 0 Å². The van der Waals surface area contributed by atoms with Gasteiger partial charge in [-0.25, -0.2) is 9.59 Å². The van der Waals surface area contributed by atoms with E-state index in [4.69, 9.17) is 14.2 Å². The number of fused-ring (bicyclic) bond motifs is 1. The highest BCUT2D eigenvalue weighted by Crippen LogP contribution is 2.28. The lowest BCUT2D eigenvalue weighted by atomic mass is 10.2. The molecule has 26 heavy (non-hydrogen) atoms. The van der Waals surface area contributed by atoms with Gasteiger partial charge in [-0.15, -0.1) is 0 Å². The van der Waals surface area contributed by atoms with Crippen LogP contribution >= 0.6 is 15.9 Å². The van der Waals surface area contributed by atoms with Crippen molar-refractivity contribution in [2.75, 3.05) is 0 Å². The zero-order chi connectivity index (χ0) is 19.7. The standard InChI is InChI=1S/C19H24BrNO5/c1-18(2,3)25-16(22)21-8-7-13-14(20)9-12(10-15(13)21)11-24-17(23)26-19(4,5)6/h7-10H,11H2,1-6H3. The minimum absolute atomic E-state index is 0.0307. The molecule has 0 aliphatic heterocycles. The quantitative estimate of drug-likeness (QED) is 0.582. The Hall–Kier alpha value is -2.02. The van der Waals surface area contributed by atoms with Gasteiger partial charge in [-0.05, 0) is 65.3 Å². The molecule has 1 aromatic heterocycles. The maximum absolute atomic E-state index is 12.4. The minimum Gasteiger partial charge on any atom is -0.443 e. The monoisotopic (exact) mass is 425 g/mol. The Kier molecular flexibility index (Phi) is 5.70. The molecule has 0 amide bonds. The molecule has 7 heteroatoms. The van der Waals surface area contributed by atoms with Crippen molar-refractivity contribution in [3.05, 3.63) is 34.4 Å². The molecule has 0 atom stereocenters. The molecule has 0 saturated heterocycles. The second-order valence-corrected chi connectivity index (χ2v) is 8.78. The van der Waals surface area contributed by atoms with Crippen molar-refractivity contribution >= 4 is 39.1 Å². The first-order valence-electron chi connectivity index (χ1n) is 8.24. The lowest BCUT2D eigenvalue weighted by molar-refractivity contribution is -0.0108. The number of ether oxygens (including phenoxy) is 3. The molecule has 0 N–H and O–H groups in total. The topological polar surface area (TPSA) is 66.8 Å². The van der Waals surface area contributed by atoms with Crippen molar-refractivity contribution < 1.29 is 23.8 Å². The lowest BCUT2D eigenvalue weighted by Crippen LogP contribution is -2.26. The summed E-state index contributed by atoms with van der Waals surface area (Å²) in [5, 5.41) is 0.858. The summed E-state index contributed by atoms with van der Waals surface area (Å²) in [5.74, 6) is 0. The molecule has 0 fully saturated rings. The van der Waals surface area contributed by atoms with Crippen LogP contribution in [0.15, 0.2) is 28.9 Å². The van der Waals surface area contributed by atoms with Gasteiger partial charge in [0.25, 0.3) is 0 Å². The van der Waals surface area contributed by atoms with Crippen LogP contribution in [0.2, 0.25) is 0 Å². The van der Waals surface area contributed by atoms with Crippen molar-refractivity contribution in [2.45, 2.75) is 59.4 Å². The molecule has 0 aliphatic rings. The van der Waals surface area contributed by atoms with Gasteiger partial charge in [0.2, 0.25) is 0 Å². The van der Waals surface area contributed by atoms with E-state index < -0.39 is 23.5 Å². The number of carbonyl (C=O) groups is 2. The van der Waals surface area contributed by atoms with Crippen molar-refractivity contribution in [2.24, 2.45) is 0 Å². The second kappa shape index (κ2) is 7.31. The molecule has 142 valence electrons. The molecule has 0 unspecified atom stereocenters. The van der Waals surface area contributed by atoms with Gasteiger partial charge in [0.05, 0.1) is 5.52 Å². The van der Waals surface area contributed by atoms with Crippen LogP contribution in [0.25, 0.3) is 10.9 Å².